The minimum absolute atomic E-state index is 0.125. The zero-order chi connectivity index (χ0) is 7.45. The van der Waals surface area contributed by atoms with E-state index in [0.29, 0.717) is 0 Å². The van der Waals surface area contributed by atoms with Crippen LogP contribution in [0.25, 0.3) is 0 Å². The quantitative estimate of drug-likeness (QED) is 0.453. The maximum atomic E-state index is 6.98. The van der Waals surface area contributed by atoms with E-state index in [4.69, 9.17) is 10.1 Å². The average Bonchev–Trinajstić information content (AvgIpc) is 1.89. The number of ether oxygens (including phenoxy) is 1. The monoisotopic (exact) mass is 157 g/mol. The lowest BCUT2D eigenvalue weighted by atomic mass is 10.1. The van der Waals surface area contributed by atoms with Crippen LogP contribution in [0, 0.1) is 5.41 Å². The van der Waals surface area contributed by atoms with E-state index in [1.807, 2.05) is 0 Å². The molecule has 2 nitrogen and oxygen atoms in total. The maximum Gasteiger partial charge on any atom is 0.0534 e. The molecule has 0 radical (unpaired) electrons. The predicted octanol–water partition coefficient (Wildman–Crippen LogP) is 0.288. The Morgan fingerprint density at radius 3 is 2.90 bits per heavy atom. The highest BCUT2D eigenvalue weighted by Crippen LogP contribution is 2.23. The van der Waals surface area contributed by atoms with E-state index in [1.54, 1.807) is 0 Å². The van der Waals surface area contributed by atoms with E-state index in [2.05, 4.69) is 0 Å². The zero-order valence-electron chi connectivity index (χ0n) is 6.52. The van der Waals surface area contributed by atoms with Gasteiger partial charge < -0.3 is 10.1 Å². The minimum atomic E-state index is 0.125. The van der Waals surface area contributed by atoms with Gasteiger partial charge in [-0.15, -0.1) is 0 Å². The van der Waals surface area contributed by atoms with Gasteiger partial charge in [0.05, 0.1) is 5.22 Å². The van der Waals surface area contributed by atoms with Crippen LogP contribution in [-0.4, -0.2) is 28.3 Å². The van der Waals surface area contributed by atoms with Gasteiger partial charge in [0.15, 0.2) is 0 Å². The molecule has 1 N–H and O–H groups in total. The molecule has 1 saturated heterocycles. The van der Waals surface area contributed by atoms with Crippen molar-refractivity contribution in [2.75, 3.05) is 6.61 Å². The molecular weight excluding hydrogens is 142 g/mol. The van der Waals surface area contributed by atoms with Gasteiger partial charge in [-0.25, -0.2) is 0 Å². The summed E-state index contributed by atoms with van der Waals surface area (Å²) in [6.07, 6.45) is 5.99. The van der Waals surface area contributed by atoms with Crippen LogP contribution in [-0.2, 0) is 4.74 Å². The summed E-state index contributed by atoms with van der Waals surface area (Å²) >= 11 is 0. The fourth-order valence-electron chi connectivity index (χ4n) is 1.37. The second kappa shape index (κ2) is 3.30. The fraction of sp³-hybridized carbons (Fsp3) is 0.857. The van der Waals surface area contributed by atoms with E-state index >= 15 is 0 Å². The highest BCUT2D eigenvalue weighted by Gasteiger charge is 2.25. The summed E-state index contributed by atoms with van der Waals surface area (Å²) in [4.78, 5) is 0. The molecule has 0 aromatic heterocycles. The Morgan fingerprint density at radius 1 is 1.60 bits per heavy atom. The molecule has 0 aromatic carbocycles. The fourth-order valence-corrected chi connectivity index (χ4v) is 2.13. The summed E-state index contributed by atoms with van der Waals surface area (Å²) in [5.74, 6) is 0. The van der Waals surface area contributed by atoms with Crippen LogP contribution in [0.2, 0.25) is 0 Å². The van der Waals surface area contributed by atoms with Gasteiger partial charge in [-0.1, -0.05) is 0 Å². The number of rotatable bonds is 2. The van der Waals surface area contributed by atoms with Crippen molar-refractivity contribution in [2.45, 2.75) is 30.9 Å². The Morgan fingerprint density at radius 2 is 2.40 bits per heavy atom. The lowest BCUT2D eigenvalue weighted by Gasteiger charge is -2.32. The van der Waals surface area contributed by atoms with Gasteiger partial charge >= 0.3 is 0 Å². The number of hydrogen-bond donors (Lipinski definition) is 1. The standard InChI is InChI=1S/C7H15NOSi/c8-5-4-7(10)3-1-2-6-9-7/h5,8H,1-4,6H2,10H3. The summed E-state index contributed by atoms with van der Waals surface area (Å²) in [6.45, 7) is 0.914. The van der Waals surface area contributed by atoms with E-state index in [9.17, 15) is 0 Å². The smallest absolute Gasteiger partial charge is 0.0534 e. The zero-order valence-corrected chi connectivity index (χ0v) is 8.52. The second-order valence-electron chi connectivity index (χ2n) is 3.16. The summed E-state index contributed by atoms with van der Waals surface area (Å²) in [6, 6.07) is 0. The van der Waals surface area contributed by atoms with Crippen LogP contribution in [0.4, 0.5) is 0 Å². The van der Waals surface area contributed by atoms with Crippen LogP contribution < -0.4 is 0 Å². The SMILES string of the molecule is N=CCC1([SiH3])CCCCO1. The normalized spacial score (nSPS) is 34.0. The first-order chi connectivity index (χ1) is 4.77. The third kappa shape index (κ3) is 1.92. The van der Waals surface area contributed by atoms with E-state index in [0.717, 1.165) is 23.3 Å². The van der Waals surface area contributed by atoms with Crippen LogP contribution in [0.15, 0.2) is 0 Å². The second-order valence-corrected chi connectivity index (χ2v) is 4.99. The Hall–Kier alpha value is -0.153. The predicted molar refractivity (Wildman–Crippen MR) is 45.9 cm³/mol. The van der Waals surface area contributed by atoms with Crippen molar-refractivity contribution in [3.8, 4) is 0 Å². The van der Waals surface area contributed by atoms with Gasteiger partial charge in [0.2, 0.25) is 0 Å². The van der Waals surface area contributed by atoms with Gasteiger partial charge in [0.25, 0.3) is 0 Å². The van der Waals surface area contributed by atoms with E-state index in [1.165, 1.54) is 25.5 Å². The van der Waals surface area contributed by atoms with Gasteiger partial charge in [-0.05, 0) is 25.5 Å². The molecule has 0 amide bonds. The van der Waals surface area contributed by atoms with E-state index in [-0.39, 0.29) is 5.22 Å². The van der Waals surface area contributed by atoms with Crippen LogP contribution >= 0.6 is 0 Å². The van der Waals surface area contributed by atoms with Crippen LogP contribution in [0.3, 0.4) is 0 Å². The Labute approximate surface area is 64.9 Å². The molecule has 1 aliphatic rings. The minimum Gasteiger partial charge on any atom is -0.379 e. The summed E-state index contributed by atoms with van der Waals surface area (Å²) in [7, 11) is 1.07. The highest BCUT2D eigenvalue weighted by molar-refractivity contribution is 6.15. The molecule has 1 aliphatic heterocycles. The molecule has 3 heteroatoms. The average molecular weight is 157 g/mol. The van der Waals surface area contributed by atoms with Crippen LogP contribution in [0.5, 0.6) is 0 Å². The molecule has 1 unspecified atom stereocenters. The Kier molecular flexibility index (Phi) is 2.62. The summed E-state index contributed by atoms with van der Waals surface area (Å²) in [5.41, 5.74) is 0. The maximum absolute atomic E-state index is 6.98. The molecule has 0 aliphatic carbocycles. The lowest BCUT2D eigenvalue weighted by Crippen LogP contribution is -2.36. The molecule has 1 rings (SSSR count). The van der Waals surface area contributed by atoms with Gasteiger partial charge in [0.1, 0.15) is 0 Å². The molecule has 0 aromatic rings. The highest BCUT2D eigenvalue weighted by atomic mass is 28.1. The van der Waals surface area contributed by atoms with Crippen LogP contribution in [0.1, 0.15) is 25.7 Å². The van der Waals surface area contributed by atoms with Crippen molar-refractivity contribution in [3.05, 3.63) is 0 Å². The van der Waals surface area contributed by atoms with Crippen molar-refractivity contribution >= 4 is 16.5 Å². The third-order valence-electron chi connectivity index (χ3n) is 2.08. The van der Waals surface area contributed by atoms with Gasteiger partial charge in [-0.2, -0.15) is 0 Å². The summed E-state index contributed by atoms with van der Waals surface area (Å²) in [5, 5.41) is 7.11. The number of nitrogens with one attached hydrogen (secondary N) is 1. The molecule has 1 heterocycles. The van der Waals surface area contributed by atoms with Gasteiger partial charge in [-0.3, -0.25) is 0 Å². The Balaban J connectivity index is 2.39. The largest absolute Gasteiger partial charge is 0.379 e. The lowest BCUT2D eigenvalue weighted by molar-refractivity contribution is -0.0117. The molecule has 0 saturated carbocycles. The topological polar surface area (TPSA) is 33.1 Å². The molecule has 0 spiro atoms. The molecular formula is C7H15NOSi. The molecule has 1 atom stereocenters. The third-order valence-corrected chi connectivity index (χ3v) is 3.28. The van der Waals surface area contributed by atoms with Crippen molar-refractivity contribution in [1.29, 1.82) is 5.41 Å². The van der Waals surface area contributed by atoms with Crippen molar-refractivity contribution in [2.24, 2.45) is 0 Å². The van der Waals surface area contributed by atoms with E-state index < -0.39 is 0 Å². The Bertz CT molecular complexity index is 121. The summed E-state index contributed by atoms with van der Waals surface area (Å²) < 4.78 is 5.62. The molecule has 10 heavy (non-hydrogen) atoms. The first-order valence-corrected chi connectivity index (χ1v) is 4.90. The number of hydrogen-bond acceptors (Lipinski definition) is 2. The molecule has 0 bridgehead atoms. The molecule has 1 fully saturated rings. The van der Waals surface area contributed by atoms with Crippen molar-refractivity contribution in [1.82, 2.24) is 0 Å². The van der Waals surface area contributed by atoms with Crippen molar-refractivity contribution < 1.29 is 4.74 Å². The first kappa shape index (κ1) is 7.95. The van der Waals surface area contributed by atoms with Crippen molar-refractivity contribution in [3.63, 3.8) is 0 Å². The first-order valence-electron chi connectivity index (χ1n) is 3.90. The molecule has 58 valence electrons. The van der Waals surface area contributed by atoms with Gasteiger partial charge in [0, 0.05) is 23.3 Å².